The molecule has 1 aromatic rings. The second kappa shape index (κ2) is 2.49. The van der Waals surface area contributed by atoms with E-state index in [4.69, 9.17) is 5.11 Å². The Balaban J connectivity index is 3.01. The zero-order chi connectivity index (χ0) is 6.69. The van der Waals surface area contributed by atoms with Crippen LogP contribution in [0.25, 0.3) is 0 Å². The van der Waals surface area contributed by atoms with Gasteiger partial charge in [0.15, 0.2) is 0 Å². The van der Waals surface area contributed by atoms with Crippen LogP contribution < -0.4 is 0 Å². The molecule has 0 aliphatic carbocycles. The average molecular weight is 122 g/mol. The molecule has 1 heterocycles. The first-order valence-corrected chi connectivity index (χ1v) is 2.78. The zero-order valence-corrected chi connectivity index (χ0v) is 5.20. The Hall–Kier alpha value is -1.05. The number of aromatic hydroxyl groups is 1. The van der Waals surface area contributed by atoms with Crippen LogP contribution in [-0.2, 0) is 0 Å². The predicted octanol–water partition coefficient (Wildman–Crippen LogP) is 1.36. The Morgan fingerprint density at radius 1 is 1.67 bits per heavy atom. The summed E-state index contributed by atoms with van der Waals surface area (Å²) in [7, 11) is 0. The molecule has 0 saturated carbocycles. The summed E-state index contributed by atoms with van der Waals surface area (Å²) in [5.74, 6) is 0.236. The van der Waals surface area contributed by atoms with Crippen molar-refractivity contribution in [3.05, 3.63) is 30.4 Å². The average Bonchev–Trinajstić information content (AvgIpc) is 1.89. The van der Waals surface area contributed by atoms with Crippen molar-refractivity contribution in [2.75, 3.05) is 0 Å². The first kappa shape index (κ1) is 6.08. The number of hydrogen-bond acceptors (Lipinski definition) is 2. The maximum absolute atomic E-state index is 9.02. The minimum Gasteiger partial charge on any atom is -0.506 e. The van der Waals surface area contributed by atoms with E-state index >= 15 is 0 Å². The lowest BCUT2D eigenvalue weighted by molar-refractivity contribution is 0.469. The molecule has 0 saturated heterocycles. The topological polar surface area (TPSA) is 33.1 Å². The van der Waals surface area contributed by atoms with Crippen LogP contribution in [-0.4, -0.2) is 10.1 Å². The molecule has 2 nitrogen and oxygen atoms in total. The van der Waals surface area contributed by atoms with Crippen molar-refractivity contribution in [3.8, 4) is 5.75 Å². The molecule has 0 fully saturated rings. The summed E-state index contributed by atoms with van der Waals surface area (Å²) in [5.41, 5.74) is 0.637. The third kappa shape index (κ3) is 1.19. The molecule has 0 unspecified atom stereocenters. The monoisotopic (exact) mass is 122 g/mol. The number of aromatic nitrogens is 1. The van der Waals surface area contributed by atoms with Gasteiger partial charge in [-0.2, -0.15) is 0 Å². The molecule has 0 bridgehead atoms. The Bertz CT molecular complexity index is 198. The maximum atomic E-state index is 9.02. The number of pyridine rings is 1. The molecule has 1 radical (unpaired) electrons. The lowest BCUT2D eigenvalue weighted by atomic mass is 10.3. The highest BCUT2D eigenvalue weighted by molar-refractivity contribution is 5.29. The van der Waals surface area contributed by atoms with Gasteiger partial charge in [0, 0.05) is 12.6 Å². The fraction of sp³-hybridized carbons (Fsp3) is 0.143. The van der Waals surface area contributed by atoms with Crippen LogP contribution in [0.5, 0.6) is 5.75 Å². The van der Waals surface area contributed by atoms with Crippen LogP contribution in [0.15, 0.2) is 18.3 Å². The van der Waals surface area contributed by atoms with Gasteiger partial charge in [0.25, 0.3) is 0 Å². The summed E-state index contributed by atoms with van der Waals surface area (Å²) in [4.78, 5) is 3.89. The standard InChI is InChI=1S/C7H8NO/c1-2-6-7(9)4-3-5-8-6/h2-5,9H,1H3. The van der Waals surface area contributed by atoms with E-state index in [1.807, 2.05) is 6.92 Å². The smallest absolute Gasteiger partial charge is 0.137 e. The van der Waals surface area contributed by atoms with Crippen LogP contribution in [0.1, 0.15) is 12.6 Å². The fourth-order valence-corrected chi connectivity index (χ4v) is 0.631. The number of rotatable bonds is 1. The largest absolute Gasteiger partial charge is 0.506 e. The molecule has 9 heavy (non-hydrogen) atoms. The first-order valence-electron chi connectivity index (χ1n) is 2.78. The van der Waals surface area contributed by atoms with Gasteiger partial charge in [-0.15, -0.1) is 0 Å². The van der Waals surface area contributed by atoms with Gasteiger partial charge in [0.2, 0.25) is 0 Å². The highest BCUT2D eigenvalue weighted by Gasteiger charge is 1.94. The number of nitrogens with zero attached hydrogens (tertiary/aromatic N) is 1. The Kier molecular flexibility index (Phi) is 1.68. The summed E-state index contributed by atoms with van der Waals surface area (Å²) in [6, 6.07) is 3.31. The van der Waals surface area contributed by atoms with E-state index in [1.54, 1.807) is 24.8 Å². The van der Waals surface area contributed by atoms with Gasteiger partial charge in [-0.25, -0.2) is 0 Å². The van der Waals surface area contributed by atoms with Gasteiger partial charge in [-0.3, -0.25) is 4.98 Å². The maximum Gasteiger partial charge on any atom is 0.137 e. The second-order valence-corrected chi connectivity index (χ2v) is 1.70. The summed E-state index contributed by atoms with van der Waals surface area (Å²) in [5, 5.41) is 9.02. The summed E-state index contributed by atoms with van der Waals surface area (Å²) in [6.45, 7) is 1.84. The van der Waals surface area contributed by atoms with Gasteiger partial charge < -0.3 is 5.11 Å². The van der Waals surface area contributed by atoms with Gasteiger partial charge in [0.1, 0.15) is 5.75 Å². The normalized spacial score (nSPS) is 9.44. The minimum atomic E-state index is 0.236. The van der Waals surface area contributed by atoms with Crippen LogP contribution in [0.4, 0.5) is 0 Å². The molecule has 0 aromatic carbocycles. The van der Waals surface area contributed by atoms with Crippen molar-refractivity contribution < 1.29 is 5.11 Å². The van der Waals surface area contributed by atoms with E-state index in [-0.39, 0.29) is 5.75 Å². The van der Waals surface area contributed by atoms with Gasteiger partial charge in [0.05, 0.1) is 5.69 Å². The van der Waals surface area contributed by atoms with E-state index in [9.17, 15) is 0 Å². The van der Waals surface area contributed by atoms with Crippen LogP contribution in [0.2, 0.25) is 0 Å². The van der Waals surface area contributed by atoms with Crippen molar-refractivity contribution in [2.24, 2.45) is 0 Å². The van der Waals surface area contributed by atoms with Crippen molar-refractivity contribution in [2.45, 2.75) is 6.92 Å². The molecule has 1 rings (SSSR count). The zero-order valence-electron chi connectivity index (χ0n) is 5.20. The van der Waals surface area contributed by atoms with E-state index in [2.05, 4.69) is 4.98 Å². The highest BCUT2D eigenvalue weighted by Crippen LogP contribution is 2.12. The molecular formula is C7H8NO. The van der Waals surface area contributed by atoms with Crippen molar-refractivity contribution in [3.63, 3.8) is 0 Å². The highest BCUT2D eigenvalue weighted by atomic mass is 16.3. The third-order valence-electron chi connectivity index (χ3n) is 1.09. The van der Waals surface area contributed by atoms with Gasteiger partial charge >= 0.3 is 0 Å². The Morgan fingerprint density at radius 2 is 2.44 bits per heavy atom. The molecule has 0 amide bonds. The van der Waals surface area contributed by atoms with Crippen LogP contribution >= 0.6 is 0 Å². The summed E-state index contributed by atoms with van der Waals surface area (Å²) >= 11 is 0. The van der Waals surface area contributed by atoms with E-state index < -0.39 is 0 Å². The Labute approximate surface area is 54.2 Å². The molecule has 0 aliphatic rings. The van der Waals surface area contributed by atoms with Crippen LogP contribution in [0.3, 0.4) is 0 Å². The minimum absolute atomic E-state index is 0.236. The summed E-state index contributed by atoms with van der Waals surface area (Å²) < 4.78 is 0. The molecule has 0 atom stereocenters. The predicted molar refractivity (Wildman–Crippen MR) is 35.0 cm³/mol. The molecular weight excluding hydrogens is 114 g/mol. The quantitative estimate of drug-likeness (QED) is 0.610. The molecule has 1 N–H and O–H groups in total. The molecule has 2 heteroatoms. The molecule has 0 aliphatic heterocycles. The Morgan fingerprint density at radius 3 is 2.89 bits per heavy atom. The number of hydrogen-bond donors (Lipinski definition) is 1. The second-order valence-electron chi connectivity index (χ2n) is 1.70. The first-order chi connectivity index (χ1) is 4.34. The van der Waals surface area contributed by atoms with E-state index in [0.717, 1.165) is 0 Å². The third-order valence-corrected chi connectivity index (χ3v) is 1.09. The lowest BCUT2D eigenvalue weighted by Crippen LogP contribution is -1.82. The summed E-state index contributed by atoms with van der Waals surface area (Å²) in [6.07, 6.45) is 3.41. The van der Waals surface area contributed by atoms with Crippen molar-refractivity contribution in [1.29, 1.82) is 0 Å². The van der Waals surface area contributed by atoms with Gasteiger partial charge in [-0.1, -0.05) is 6.92 Å². The van der Waals surface area contributed by atoms with Crippen molar-refractivity contribution in [1.82, 2.24) is 4.98 Å². The lowest BCUT2D eigenvalue weighted by Gasteiger charge is -1.95. The SMILES string of the molecule is C[CH]c1ncccc1O. The van der Waals surface area contributed by atoms with Gasteiger partial charge in [-0.05, 0) is 12.1 Å². The molecule has 1 aromatic heterocycles. The molecule has 47 valence electrons. The van der Waals surface area contributed by atoms with E-state index in [0.29, 0.717) is 5.69 Å². The fourth-order valence-electron chi connectivity index (χ4n) is 0.631. The molecule has 0 spiro atoms. The van der Waals surface area contributed by atoms with Crippen molar-refractivity contribution >= 4 is 0 Å². The van der Waals surface area contributed by atoms with E-state index in [1.165, 1.54) is 0 Å². The van der Waals surface area contributed by atoms with Crippen LogP contribution in [0, 0.1) is 6.42 Å².